The summed E-state index contributed by atoms with van der Waals surface area (Å²) in [6, 6.07) is 3.73. The summed E-state index contributed by atoms with van der Waals surface area (Å²) in [6.45, 7) is 1.84. The van der Waals surface area contributed by atoms with E-state index in [9.17, 15) is 8.78 Å². The lowest BCUT2D eigenvalue weighted by Gasteiger charge is -2.14. The van der Waals surface area contributed by atoms with Gasteiger partial charge in [0, 0.05) is 11.6 Å². The van der Waals surface area contributed by atoms with Crippen molar-refractivity contribution < 1.29 is 8.78 Å². The first kappa shape index (κ1) is 10.1. The summed E-state index contributed by atoms with van der Waals surface area (Å²) >= 11 is 0. The molecule has 1 aromatic carbocycles. The monoisotopic (exact) mass is 186 g/mol. The van der Waals surface area contributed by atoms with E-state index in [0.29, 0.717) is 6.42 Å². The van der Waals surface area contributed by atoms with Gasteiger partial charge in [-0.05, 0) is 12.5 Å². The van der Waals surface area contributed by atoms with Crippen LogP contribution in [0.3, 0.4) is 0 Å². The SMILES string of the molecule is CC[C@H](NN)c1cccc(F)c1F. The van der Waals surface area contributed by atoms with E-state index in [1.807, 2.05) is 6.92 Å². The summed E-state index contributed by atoms with van der Waals surface area (Å²) in [4.78, 5) is 0. The van der Waals surface area contributed by atoms with E-state index in [1.165, 1.54) is 12.1 Å². The summed E-state index contributed by atoms with van der Waals surface area (Å²) in [5.74, 6) is 3.53. The quantitative estimate of drug-likeness (QED) is 0.558. The molecular weight excluding hydrogens is 174 g/mol. The molecule has 0 bridgehead atoms. The predicted octanol–water partition coefficient (Wildman–Crippen LogP) is 1.88. The van der Waals surface area contributed by atoms with Crippen molar-refractivity contribution in [2.45, 2.75) is 19.4 Å². The van der Waals surface area contributed by atoms with E-state index in [1.54, 1.807) is 0 Å². The van der Waals surface area contributed by atoms with Gasteiger partial charge >= 0.3 is 0 Å². The zero-order valence-corrected chi connectivity index (χ0v) is 7.35. The molecule has 1 rings (SSSR count). The Balaban J connectivity index is 3.05. The van der Waals surface area contributed by atoms with Crippen LogP contribution in [-0.4, -0.2) is 0 Å². The van der Waals surface area contributed by atoms with Gasteiger partial charge in [-0.1, -0.05) is 19.1 Å². The number of benzene rings is 1. The van der Waals surface area contributed by atoms with E-state index in [4.69, 9.17) is 5.84 Å². The molecule has 0 spiro atoms. The normalized spacial score (nSPS) is 12.9. The number of halogens is 2. The molecule has 4 heteroatoms. The molecule has 0 aliphatic rings. The van der Waals surface area contributed by atoms with E-state index in [2.05, 4.69) is 5.43 Å². The van der Waals surface area contributed by atoms with Crippen LogP contribution >= 0.6 is 0 Å². The van der Waals surface area contributed by atoms with Gasteiger partial charge in [0.2, 0.25) is 0 Å². The van der Waals surface area contributed by atoms with Crippen molar-refractivity contribution in [3.8, 4) is 0 Å². The first-order chi connectivity index (χ1) is 6.20. The summed E-state index contributed by atoms with van der Waals surface area (Å²) < 4.78 is 25.9. The van der Waals surface area contributed by atoms with Gasteiger partial charge in [0.05, 0.1) is 0 Å². The highest BCUT2D eigenvalue weighted by Crippen LogP contribution is 2.20. The van der Waals surface area contributed by atoms with Crippen LogP contribution in [0.4, 0.5) is 8.78 Å². The second-order valence-electron chi connectivity index (χ2n) is 2.77. The van der Waals surface area contributed by atoms with Gasteiger partial charge in [-0.15, -0.1) is 0 Å². The fraction of sp³-hybridized carbons (Fsp3) is 0.333. The van der Waals surface area contributed by atoms with Crippen LogP contribution in [0.2, 0.25) is 0 Å². The molecule has 0 aromatic heterocycles. The van der Waals surface area contributed by atoms with Gasteiger partial charge in [0.25, 0.3) is 0 Å². The summed E-state index contributed by atoms with van der Waals surface area (Å²) in [7, 11) is 0. The molecule has 0 amide bonds. The maximum atomic E-state index is 13.2. The van der Waals surface area contributed by atoms with Gasteiger partial charge in [-0.3, -0.25) is 11.3 Å². The average Bonchev–Trinajstić information content (AvgIpc) is 2.14. The van der Waals surface area contributed by atoms with Gasteiger partial charge in [0.15, 0.2) is 11.6 Å². The minimum atomic E-state index is -0.841. The molecule has 0 radical (unpaired) electrons. The third-order valence-electron chi connectivity index (χ3n) is 1.97. The van der Waals surface area contributed by atoms with Crippen LogP contribution in [0.1, 0.15) is 24.9 Å². The lowest BCUT2D eigenvalue weighted by Crippen LogP contribution is -2.28. The van der Waals surface area contributed by atoms with Crippen LogP contribution in [-0.2, 0) is 0 Å². The fourth-order valence-electron chi connectivity index (χ4n) is 1.22. The Morgan fingerprint density at radius 2 is 2.15 bits per heavy atom. The standard InChI is InChI=1S/C9H12F2N2/c1-2-8(13-12)6-4-3-5-7(10)9(6)11/h3-5,8,13H,2,12H2,1H3/t8-/m0/s1. The third kappa shape index (κ3) is 2.02. The molecule has 13 heavy (non-hydrogen) atoms. The van der Waals surface area contributed by atoms with Crippen molar-refractivity contribution in [3.05, 3.63) is 35.4 Å². The van der Waals surface area contributed by atoms with Crippen LogP contribution in [0.5, 0.6) is 0 Å². The highest BCUT2D eigenvalue weighted by molar-refractivity contribution is 5.22. The highest BCUT2D eigenvalue weighted by Gasteiger charge is 2.14. The zero-order valence-electron chi connectivity index (χ0n) is 7.35. The van der Waals surface area contributed by atoms with Gasteiger partial charge in [-0.2, -0.15) is 0 Å². The Morgan fingerprint density at radius 1 is 1.46 bits per heavy atom. The molecular formula is C9H12F2N2. The Labute approximate surface area is 75.7 Å². The minimum Gasteiger partial charge on any atom is -0.271 e. The van der Waals surface area contributed by atoms with E-state index in [-0.39, 0.29) is 11.6 Å². The number of hydrogen-bond donors (Lipinski definition) is 2. The van der Waals surface area contributed by atoms with E-state index in [0.717, 1.165) is 6.07 Å². The molecule has 0 saturated carbocycles. The molecule has 0 heterocycles. The fourth-order valence-corrected chi connectivity index (χ4v) is 1.22. The van der Waals surface area contributed by atoms with Crippen molar-refractivity contribution in [1.82, 2.24) is 5.43 Å². The first-order valence-corrected chi connectivity index (χ1v) is 4.10. The Morgan fingerprint density at radius 3 is 2.69 bits per heavy atom. The van der Waals surface area contributed by atoms with Crippen molar-refractivity contribution in [3.63, 3.8) is 0 Å². The molecule has 2 nitrogen and oxygen atoms in total. The van der Waals surface area contributed by atoms with Crippen LogP contribution in [0.25, 0.3) is 0 Å². The topological polar surface area (TPSA) is 38.0 Å². The number of nitrogens with two attached hydrogens (primary N) is 1. The molecule has 72 valence electrons. The zero-order chi connectivity index (χ0) is 9.84. The maximum absolute atomic E-state index is 13.2. The number of hydrogen-bond acceptors (Lipinski definition) is 2. The lowest BCUT2D eigenvalue weighted by molar-refractivity contribution is 0.460. The smallest absolute Gasteiger partial charge is 0.163 e. The second-order valence-corrected chi connectivity index (χ2v) is 2.77. The third-order valence-corrected chi connectivity index (χ3v) is 1.97. The van der Waals surface area contributed by atoms with Crippen molar-refractivity contribution in [2.75, 3.05) is 0 Å². The second kappa shape index (κ2) is 4.30. The number of hydrazine groups is 1. The molecule has 1 aromatic rings. The summed E-state index contributed by atoms with van der Waals surface area (Å²) in [6.07, 6.45) is 0.608. The minimum absolute atomic E-state index is 0.269. The van der Waals surface area contributed by atoms with Crippen LogP contribution < -0.4 is 11.3 Å². The molecule has 0 aliphatic carbocycles. The van der Waals surface area contributed by atoms with Gasteiger partial charge in [-0.25, -0.2) is 8.78 Å². The molecule has 0 unspecified atom stereocenters. The van der Waals surface area contributed by atoms with Crippen molar-refractivity contribution in [2.24, 2.45) is 5.84 Å². The molecule has 0 fully saturated rings. The Bertz CT molecular complexity index is 285. The van der Waals surface area contributed by atoms with Crippen molar-refractivity contribution in [1.29, 1.82) is 0 Å². The van der Waals surface area contributed by atoms with Crippen LogP contribution in [0, 0.1) is 11.6 Å². The van der Waals surface area contributed by atoms with E-state index < -0.39 is 11.6 Å². The predicted molar refractivity (Wildman–Crippen MR) is 46.7 cm³/mol. The molecule has 1 atom stereocenters. The van der Waals surface area contributed by atoms with Gasteiger partial charge in [0.1, 0.15) is 0 Å². The average molecular weight is 186 g/mol. The first-order valence-electron chi connectivity index (χ1n) is 4.10. The number of nitrogens with one attached hydrogen (secondary N) is 1. The largest absolute Gasteiger partial charge is 0.271 e. The number of rotatable bonds is 3. The van der Waals surface area contributed by atoms with Crippen molar-refractivity contribution >= 4 is 0 Å². The molecule has 0 aliphatic heterocycles. The highest BCUT2D eigenvalue weighted by atomic mass is 19.2. The van der Waals surface area contributed by atoms with Crippen LogP contribution in [0.15, 0.2) is 18.2 Å². The lowest BCUT2D eigenvalue weighted by atomic mass is 10.0. The maximum Gasteiger partial charge on any atom is 0.163 e. The van der Waals surface area contributed by atoms with Gasteiger partial charge < -0.3 is 0 Å². The Hall–Kier alpha value is -1.00. The molecule has 0 saturated heterocycles. The summed E-state index contributed by atoms with van der Waals surface area (Å²) in [5, 5.41) is 0. The Kier molecular flexibility index (Phi) is 3.33. The van der Waals surface area contributed by atoms with E-state index >= 15 is 0 Å². The molecule has 3 N–H and O–H groups in total. The summed E-state index contributed by atoms with van der Waals surface area (Å²) in [5.41, 5.74) is 2.70.